The van der Waals surface area contributed by atoms with E-state index >= 15 is 0 Å². The SMILES string of the molecule is CC1(C)N[C@@H](C(=O)OCC[N+](C)(C)C)CS1. The molecule has 1 N–H and O–H groups in total. The summed E-state index contributed by atoms with van der Waals surface area (Å²) in [5.41, 5.74) is 0. The number of quaternary nitrogens is 1. The van der Waals surface area contributed by atoms with Crippen molar-refractivity contribution in [2.75, 3.05) is 40.0 Å². The van der Waals surface area contributed by atoms with E-state index in [4.69, 9.17) is 4.74 Å². The molecular formula is C11H23N2O2S+. The van der Waals surface area contributed by atoms with Crippen LogP contribution in [-0.4, -0.2) is 61.4 Å². The fourth-order valence-electron chi connectivity index (χ4n) is 1.44. The molecule has 16 heavy (non-hydrogen) atoms. The molecule has 0 amide bonds. The number of nitrogens with one attached hydrogen (secondary N) is 1. The molecule has 4 nitrogen and oxygen atoms in total. The lowest BCUT2D eigenvalue weighted by molar-refractivity contribution is -0.870. The first-order valence-corrected chi connectivity index (χ1v) is 6.57. The third-order valence-electron chi connectivity index (χ3n) is 2.42. The Morgan fingerprint density at radius 3 is 2.56 bits per heavy atom. The van der Waals surface area contributed by atoms with Gasteiger partial charge < -0.3 is 9.22 Å². The Labute approximate surface area is 102 Å². The van der Waals surface area contributed by atoms with Crippen LogP contribution in [0.4, 0.5) is 0 Å². The minimum absolute atomic E-state index is 0.0101. The van der Waals surface area contributed by atoms with Crippen molar-refractivity contribution in [3.8, 4) is 0 Å². The Bertz CT molecular complexity index is 261. The molecule has 94 valence electrons. The van der Waals surface area contributed by atoms with Gasteiger partial charge in [-0.05, 0) is 13.8 Å². The summed E-state index contributed by atoms with van der Waals surface area (Å²) >= 11 is 1.76. The second-order valence-corrected chi connectivity index (χ2v) is 7.34. The zero-order chi connectivity index (χ0) is 12.4. The van der Waals surface area contributed by atoms with E-state index < -0.39 is 0 Å². The van der Waals surface area contributed by atoms with Crippen molar-refractivity contribution in [1.29, 1.82) is 0 Å². The fourth-order valence-corrected chi connectivity index (χ4v) is 2.47. The number of thioether (sulfide) groups is 1. The van der Waals surface area contributed by atoms with Gasteiger partial charge in [0.25, 0.3) is 0 Å². The van der Waals surface area contributed by atoms with Gasteiger partial charge in [-0.15, -0.1) is 11.8 Å². The molecule has 0 aromatic rings. The molecule has 1 saturated heterocycles. The normalized spacial score (nSPS) is 24.4. The van der Waals surface area contributed by atoms with Gasteiger partial charge in [-0.1, -0.05) is 0 Å². The van der Waals surface area contributed by atoms with E-state index in [1.807, 2.05) is 0 Å². The predicted molar refractivity (Wildman–Crippen MR) is 67.3 cm³/mol. The summed E-state index contributed by atoms with van der Waals surface area (Å²) in [4.78, 5) is 11.7. The lowest BCUT2D eigenvalue weighted by Gasteiger charge is -2.24. The first kappa shape index (κ1) is 13.8. The van der Waals surface area contributed by atoms with Crippen LogP contribution >= 0.6 is 11.8 Å². The summed E-state index contributed by atoms with van der Waals surface area (Å²) in [6, 6.07) is -0.146. The van der Waals surface area contributed by atoms with Crippen molar-refractivity contribution in [3.05, 3.63) is 0 Å². The number of hydrogen-bond donors (Lipinski definition) is 1. The zero-order valence-electron chi connectivity index (χ0n) is 10.9. The van der Waals surface area contributed by atoms with Crippen LogP contribution in [0.25, 0.3) is 0 Å². The summed E-state index contributed by atoms with van der Waals surface area (Å²) in [6.07, 6.45) is 0. The van der Waals surface area contributed by atoms with Gasteiger partial charge in [0.15, 0.2) is 0 Å². The molecular weight excluding hydrogens is 224 g/mol. The monoisotopic (exact) mass is 247 g/mol. The van der Waals surface area contributed by atoms with Gasteiger partial charge in [0, 0.05) is 5.75 Å². The predicted octanol–water partition coefficient (Wildman–Crippen LogP) is 0.677. The van der Waals surface area contributed by atoms with E-state index in [-0.39, 0.29) is 16.9 Å². The number of hydrogen-bond acceptors (Lipinski definition) is 4. The van der Waals surface area contributed by atoms with Gasteiger partial charge in [-0.25, -0.2) is 0 Å². The summed E-state index contributed by atoms with van der Waals surface area (Å²) in [7, 11) is 6.25. The van der Waals surface area contributed by atoms with Crippen LogP contribution in [0.15, 0.2) is 0 Å². The smallest absolute Gasteiger partial charge is 0.324 e. The summed E-state index contributed by atoms with van der Waals surface area (Å²) in [5.74, 6) is 0.683. The third-order valence-corrected chi connectivity index (χ3v) is 3.76. The number of carbonyl (C=O) groups excluding carboxylic acids is 1. The van der Waals surface area contributed by atoms with Crippen LogP contribution in [0, 0.1) is 0 Å². The molecule has 0 radical (unpaired) electrons. The van der Waals surface area contributed by atoms with Crippen LogP contribution in [0.5, 0.6) is 0 Å². The van der Waals surface area contributed by atoms with Gasteiger partial charge in [0.2, 0.25) is 0 Å². The maximum Gasteiger partial charge on any atom is 0.324 e. The summed E-state index contributed by atoms with van der Waals surface area (Å²) < 4.78 is 6.08. The molecule has 5 heteroatoms. The summed E-state index contributed by atoms with van der Waals surface area (Å²) in [6.45, 7) is 5.49. The molecule has 0 aromatic carbocycles. The van der Waals surface area contributed by atoms with Crippen LogP contribution in [-0.2, 0) is 9.53 Å². The Balaban J connectivity index is 2.27. The maximum atomic E-state index is 11.7. The van der Waals surface area contributed by atoms with E-state index in [9.17, 15) is 4.79 Å². The van der Waals surface area contributed by atoms with E-state index in [0.717, 1.165) is 16.8 Å². The van der Waals surface area contributed by atoms with Gasteiger partial charge in [0.1, 0.15) is 19.2 Å². The average molecular weight is 247 g/mol. The highest BCUT2D eigenvalue weighted by Gasteiger charge is 2.35. The van der Waals surface area contributed by atoms with Crippen molar-refractivity contribution < 1.29 is 14.0 Å². The molecule has 1 aliphatic rings. The van der Waals surface area contributed by atoms with Gasteiger partial charge >= 0.3 is 5.97 Å². The Morgan fingerprint density at radius 1 is 1.50 bits per heavy atom. The molecule has 1 atom stereocenters. The van der Waals surface area contributed by atoms with Gasteiger partial charge in [-0.3, -0.25) is 10.1 Å². The average Bonchev–Trinajstić information content (AvgIpc) is 2.43. The Hall–Kier alpha value is -0.260. The number of rotatable bonds is 4. The molecule has 1 fully saturated rings. The van der Waals surface area contributed by atoms with Crippen molar-refractivity contribution in [3.63, 3.8) is 0 Å². The highest BCUT2D eigenvalue weighted by molar-refractivity contribution is 8.00. The van der Waals surface area contributed by atoms with Gasteiger partial charge in [-0.2, -0.15) is 0 Å². The van der Waals surface area contributed by atoms with E-state index in [2.05, 4.69) is 40.3 Å². The van der Waals surface area contributed by atoms with E-state index in [0.29, 0.717) is 6.61 Å². The van der Waals surface area contributed by atoms with Crippen molar-refractivity contribution >= 4 is 17.7 Å². The minimum atomic E-state index is -0.146. The molecule has 0 aliphatic carbocycles. The van der Waals surface area contributed by atoms with Crippen LogP contribution in [0.2, 0.25) is 0 Å². The molecule has 0 unspecified atom stereocenters. The van der Waals surface area contributed by atoms with Gasteiger partial charge in [0.05, 0.1) is 26.0 Å². The van der Waals surface area contributed by atoms with Crippen LogP contribution in [0.1, 0.15) is 13.8 Å². The van der Waals surface area contributed by atoms with Crippen LogP contribution < -0.4 is 5.32 Å². The number of carbonyl (C=O) groups is 1. The van der Waals surface area contributed by atoms with E-state index in [1.54, 1.807) is 11.8 Å². The number of nitrogens with zero attached hydrogens (tertiary/aromatic N) is 1. The van der Waals surface area contributed by atoms with Crippen molar-refractivity contribution in [1.82, 2.24) is 5.32 Å². The second kappa shape index (κ2) is 4.94. The second-order valence-electron chi connectivity index (χ2n) is 5.70. The fraction of sp³-hybridized carbons (Fsp3) is 0.909. The molecule has 0 aromatic heterocycles. The minimum Gasteiger partial charge on any atom is -0.458 e. The molecule has 1 aliphatic heterocycles. The van der Waals surface area contributed by atoms with Crippen molar-refractivity contribution in [2.24, 2.45) is 0 Å². The number of esters is 1. The largest absolute Gasteiger partial charge is 0.458 e. The third kappa shape index (κ3) is 4.72. The standard InChI is InChI=1S/C11H23N2O2S/c1-11(2)12-9(8-16-11)10(14)15-7-6-13(3,4)5/h9,12H,6-8H2,1-5H3/q+1/t9-/m1/s1. The molecule has 0 saturated carbocycles. The van der Waals surface area contributed by atoms with Crippen LogP contribution in [0.3, 0.4) is 0 Å². The lowest BCUT2D eigenvalue weighted by Crippen LogP contribution is -2.44. The molecule has 0 spiro atoms. The summed E-state index contributed by atoms with van der Waals surface area (Å²) in [5, 5.41) is 3.26. The Kier molecular flexibility index (Phi) is 4.26. The highest BCUT2D eigenvalue weighted by atomic mass is 32.2. The quantitative estimate of drug-likeness (QED) is 0.585. The topological polar surface area (TPSA) is 38.3 Å². The zero-order valence-corrected chi connectivity index (χ0v) is 11.7. The first-order valence-electron chi connectivity index (χ1n) is 5.58. The first-order chi connectivity index (χ1) is 7.20. The molecule has 1 heterocycles. The Morgan fingerprint density at radius 2 is 2.12 bits per heavy atom. The van der Waals surface area contributed by atoms with Crippen molar-refractivity contribution in [2.45, 2.75) is 24.8 Å². The number of likely N-dealkylation sites (N-methyl/N-ethyl adjacent to an activating group) is 1. The number of ether oxygens (including phenoxy) is 1. The lowest BCUT2D eigenvalue weighted by atomic mass is 10.3. The maximum absolute atomic E-state index is 11.7. The van der Waals surface area contributed by atoms with E-state index in [1.165, 1.54) is 0 Å². The molecule has 1 rings (SSSR count). The molecule has 0 bridgehead atoms. The highest BCUT2D eigenvalue weighted by Crippen LogP contribution is 2.29.